The van der Waals surface area contributed by atoms with E-state index in [0.29, 0.717) is 0 Å². The summed E-state index contributed by atoms with van der Waals surface area (Å²) in [5, 5.41) is 0. The topological polar surface area (TPSA) is 0 Å². The molecule has 0 saturated heterocycles. The van der Waals surface area contributed by atoms with Gasteiger partial charge in [-0.3, -0.25) is 0 Å². The predicted molar refractivity (Wildman–Crippen MR) is 44.6 cm³/mol. The summed E-state index contributed by atoms with van der Waals surface area (Å²) in [5.41, 5.74) is 0. The predicted octanol–water partition coefficient (Wildman–Crippen LogP) is 3.03. The molecule has 0 N–H and O–H groups in total. The van der Waals surface area contributed by atoms with E-state index in [1.165, 1.54) is 19.3 Å². The Bertz CT molecular complexity index is 131. The molecule has 53 valence electrons. The molecule has 0 spiro atoms. The van der Waals surface area contributed by atoms with E-state index in [1.54, 1.807) is 0 Å². The van der Waals surface area contributed by atoms with Crippen molar-refractivity contribution in [1.29, 1.82) is 0 Å². The fourth-order valence-electron chi connectivity index (χ4n) is 0.935. The zero-order valence-electron chi connectivity index (χ0n) is 6.22. The molecular formula is C10H13. The first-order valence-corrected chi connectivity index (χ1v) is 3.88. The van der Waals surface area contributed by atoms with E-state index in [4.69, 9.17) is 0 Å². The SMILES string of the molecule is [C]1=C/C=C/C=C\CCCC\1. The Morgan fingerprint density at radius 2 is 2.00 bits per heavy atom. The van der Waals surface area contributed by atoms with Crippen molar-refractivity contribution in [3.63, 3.8) is 0 Å². The van der Waals surface area contributed by atoms with Crippen molar-refractivity contribution in [1.82, 2.24) is 0 Å². The Morgan fingerprint density at radius 1 is 1.00 bits per heavy atom. The summed E-state index contributed by atoms with van der Waals surface area (Å²) in [6.07, 6.45) is 18.5. The third-order valence-corrected chi connectivity index (χ3v) is 1.51. The molecule has 0 heterocycles. The van der Waals surface area contributed by atoms with Crippen LogP contribution in [0.15, 0.2) is 30.4 Å². The van der Waals surface area contributed by atoms with Gasteiger partial charge >= 0.3 is 0 Å². The van der Waals surface area contributed by atoms with Gasteiger partial charge in [0, 0.05) is 0 Å². The minimum Gasteiger partial charge on any atom is -0.0845 e. The number of hydrogen-bond donors (Lipinski definition) is 0. The molecule has 1 aliphatic carbocycles. The van der Waals surface area contributed by atoms with Gasteiger partial charge in [-0.2, -0.15) is 0 Å². The van der Waals surface area contributed by atoms with Gasteiger partial charge in [0.2, 0.25) is 0 Å². The second-order valence-corrected chi connectivity index (χ2v) is 2.43. The van der Waals surface area contributed by atoms with E-state index < -0.39 is 0 Å². The quantitative estimate of drug-likeness (QED) is 0.476. The van der Waals surface area contributed by atoms with Crippen molar-refractivity contribution in [2.45, 2.75) is 25.7 Å². The second-order valence-electron chi connectivity index (χ2n) is 2.43. The summed E-state index contributed by atoms with van der Waals surface area (Å²) in [6.45, 7) is 0. The summed E-state index contributed by atoms with van der Waals surface area (Å²) in [5.74, 6) is 0. The molecule has 0 amide bonds. The Balaban J connectivity index is 2.40. The molecule has 0 aromatic carbocycles. The van der Waals surface area contributed by atoms with Crippen LogP contribution in [-0.2, 0) is 0 Å². The summed E-state index contributed by atoms with van der Waals surface area (Å²) in [4.78, 5) is 0. The molecule has 0 saturated carbocycles. The minimum atomic E-state index is 1.11. The maximum Gasteiger partial charge on any atom is -0.0276 e. The molecule has 0 aromatic rings. The molecule has 0 bridgehead atoms. The van der Waals surface area contributed by atoms with Crippen molar-refractivity contribution in [2.75, 3.05) is 0 Å². The molecule has 1 radical (unpaired) electrons. The van der Waals surface area contributed by atoms with Crippen LogP contribution in [0.25, 0.3) is 0 Å². The second kappa shape index (κ2) is 5.04. The molecule has 10 heavy (non-hydrogen) atoms. The fraction of sp³-hybridized carbons (Fsp3) is 0.400. The first-order chi connectivity index (χ1) is 5.00. The maximum atomic E-state index is 3.21. The maximum absolute atomic E-state index is 3.21. The Hall–Kier alpha value is -0.780. The van der Waals surface area contributed by atoms with Gasteiger partial charge in [-0.15, -0.1) is 0 Å². The van der Waals surface area contributed by atoms with Gasteiger partial charge in [-0.1, -0.05) is 30.4 Å². The first kappa shape index (κ1) is 7.33. The molecule has 0 aliphatic heterocycles. The van der Waals surface area contributed by atoms with Gasteiger partial charge in [0.1, 0.15) is 0 Å². The standard InChI is InChI=1S/C10H13/c1-2-4-6-8-10-9-7-5-3-1/h1-5H,6,8-10H2/b3-1+,4-2-,7-5?. The van der Waals surface area contributed by atoms with Crippen LogP contribution in [0, 0.1) is 6.08 Å². The van der Waals surface area contributed by atoms with Crippen molar-refractivity contribution < 1.29 is 0 Å². The number of hydrogen-bond acceptors (Lipinski definition) is 0. The Kier molecular flexibility index (Phi) is 3.69. The molecular weight excluding hydrogens is 120 g/mol. The van der Waals surface area contributed by atoms with Gasteiger partial charge < -0.3 is 0 Å². The summed E-state index contributed by atoms with van der Waals surface area (Å²) in [7, 11) is 0. The molecule has 0 atom stereocenters. The van der Waals surface area contributed by atoms with Crippen LogP contribution in [0.1, 0.15) is 25.7 Å². The number of rotatable bonds is 0. The molecule has 1 aliphatic rings. The lowest BCUT2D eigenvalue weighted by atomic mass is 10.1. The van der Waals surface area contributed by atoms with E-state index in [2.05, 4.69) is 24.3 Å². The van der Waals surface area contributed by atoms with Crippen LogP contribution in [0.5, 0.6) is 0 Å². The highest BCUT2D eigenvalue weighted by Crippen LogP contribution is 2.02. The van der Waals surface area contributed by atoms with E-state index in [0.717, 1.165) is 6.42 Å². The van der Waals surface area contributed by atoms with E-state index in [-0.39, 0.29) is 0 Å². The summed E-state index contributed by atoms with van der Waals surface area (Å²) in [6, 6.07) is 0. The highest BCUT2D eigenvalue weighted by Gasteiger charge is 1.83. The lowest BCUT2D eigenvalue weighted by Crippen LogP contribution is -1.73. The van der Waals surface area contributed by atoms with Crippen LogP contribution in [0.4, 0.5) is 0 Å². The molecule has 0 fully saturated rings. The average Bonchev–Trinajstić information content (AvgIpc) is 2.01. The third kappa shape index (κ3) is 3.29. The van der Waals surface area contributed by atoms with Gasteiger partial charge in [0.25, 0.3) is 0 Å². The highest BCUT2D eigenvalue weighted by atomic mass is 13.9. The fourth-order valence-corrected chi connectivity index (χ4v) is 0.935. The van der Waals surface area contributed by atoms with Gasteiger partial charge in [0.15, 0.2) is 0 Å². The van der Waals surface area contributed by atoms with Crippen LogP contribution >= 0.6 is 0 Å². The molecule has 1 rings (SSSR count). The third-order valence-electron chi connectivity index (χ3n) is 1.51. The van der Waals surface area contributed by atoms with Gasteiger partial charge in [0.05, 0.1) is 0 Å². The van der Waals surface area contributed by atoms with E-state index in [9.17, 15) is 0 Å². The van der Waals surface area contributed by atoms with Crippen LogP contribution in [0.2, 0.25) is 0 Å². The van der Waals surface area contributed by atoms with Gasteiger partial charge in [-0.25, -0.2) is 0 Å². The average molecular weight is 133 g/mol. The minimum absolute atomic E-state index is 1.11. The first-order valence-electron chi connectivity index (χ1n) is 3.88. The molecule has 0 unspecified atom stereocenters. The lowest BCUT2D eigenvalue weighted by Gasteiger charge is -1.92. The zero-order chi connectivity index (χ0) is 7.07. The molecule has 0 aromatic heterocycles. The Morgan fingerprint density at radius 3 is 3.00 bits per heavy atom. The van der Waals surface area contributed by atoms with Gasteiger partial charge in [-0.05, 0) is 31.8 Å². The largest absolute Gasteiger partial charge is 0.0845 e. The van der Waals surface area contributed by atoms with Crippen molar-refractivity contribution >= 4 is 0 Å². The van der Waals surface area contributed by atoms with Crippen LogP contribution < -0.4 is 0 Å². The van der Waals surface area contributed by atoms with Crippen molar-refractivity contribution in [2.24, 2.45) is 0 Å². The molecule has 0 heteroatoms. The smallest absolute Gasteiger partial charge is 0.0276 e. The van der Waals surface area contributed by atoms with Crippen molar-refractivity contribution in [3.05, 3.63) is 36.5 Å². The summed E-state index contributed by atoms with van der Waals surface area (Å²) < 4.78 is 0. The van der Waals surface area contributed by atoms with Crippen LogP contribution in [0.3, 0.4) is 0 Å². The highest BCUT2D eigenvalue weighted by molar-refractivity contribution is 5.09. The van der Waals surface area contributed by atoms with Crippen molar-refractivity contribution in [3.8, 4) is 0 Å². The summed E-state index contributed by atoms with van der Waals surface area (Å²) >= 11 is 0. The van der Waals surface area contributed by atoms with Crippen LogP contribution in [-0.4, -0.2) is 0 Å². The number of allylic oxidation sites excluding steroid dienone is 6. The zero-order valence-corrected chi connectivity index (χ0v) is 6.22. The Labute approximate surface area is 62.9 Å². The van der Waals surface area contributed by atoms with E-state index in [1.807, 2.05) is 12.2 Å². The van der Waals surface area contributed by atoms with E-state index >= 15 is 0 Å². The molecule has 0 nitrogen and oxygen atoms in total. The monoisotopic (exact) mass is 133 g/mol. The normalized spacial score (nSPS) is 28.8. The lowest BCUT2D eigenvalue weighted by molar-refractivity contribution is 0.753.